The van der Waals surface area contributed by atoms with Crippen molar-refractivity contribution in [1.82, 2.24) is 4.90 Å². The molecule has 0 aromatic heterocycles. The van der Waals surface area contributed by atoms with Crippen molar-refractivity contribution in [3.05, 3.63) is 34.4 Å². The summed E-state index contributed by atoms with van der Waals surface area (Å²) in [6, 6.07) is 6.06. The number of fused-ring (bicyclic) bond motifs is 1. The Balaban J connectivity index is 1.47. The Morgan fingerprint density at radius 2 is 1.85 bits per heavy atom. The molecule has 2 fully saturated rings. The second-order valence-corrected chi connectivity index (χ2v) is 7.02. The number of nitrogens with zero attached hydrogens (tertiary/aromatic N) is 2. The van der Waals surface area contributed by atoms with E-state index in [4.69, 9.17) is 9.47 Å². The number of piperidine rings is 1. The first-order chi connectivity index (χ1) is 13.1. The van der Waals surface area contributed by atoms with E-state index in [2.05, 4.69) is 0 Å². The summed E-state index contributed by atoms with van der Waals surface area (Å²) in [4.78, 5) is 36.6. The third-order valence-corrected chi connectivity index (χ3v) is 5.33. The first kappa shape index (κ1) is 19.1. The highest BCUT2D eigenvalue weighted by molar-refractivity contribution is 5.81. The molecule has 0 spiro atoms. The highest BCUT2D eigenvalue weighted by Crippen LogP contribution is 2.35. The molecular weight excluding hydrogens is 352 g/mol. The first-order valence-electron chi connectivity index (χ1n) is 9.37. The van der Waals surface area contributed by atoms with E-state index < -0.39 is 17.5 Å². The third-order valence-electron chi connectivity index (χ3n) is 5.33. The number of ether oxygens (including phenoxy) is 2. The lowest BCUT2D eigenvalue weighted by Crippen LogP contribution is -2.51. The molecule has 0 bridgehead atoms. The Hall–Kier alpha value is -2.64. The van der Waals surface area contributed by atoms with E-state index in [-0.39, 0.29) is 30.0 Å². The Kier molecular flexibility index (Phi) is 6.26. The van der Waals surface area contributed by atoms with Gasteiger partial charge in [0.25, 0.3) is 5.91 Å². The summed E-state index contributed by atoms with van der Waals surface area (Å²) in [7, 11) is 0. The predicted molar refractivity (Wildman–Crippen MR) is 96.2 cm³/mol. The molecule has 0 N–H and O–H groups in total. The molecule has 1 saturated heterocycles. The Morgan fingerprint density at radius 3 is 2.67 bits per heavy atom. The van der Waals surface area contributed by atoms with Gasteiger partial charge >= 0.3 is 11.7 Å². The summed E-state index contributed by atoms with van der Waals surface area (Å²) < 4.78 is 10.2. The topological polar surface area (TPSA) is 99.0 Å². The van der Waals surface area contributed by atoms with Crippen LogP contribution in [0.5, 0.6) is 5.75 Å². The van der Waals surface area contributed by atoms with Gasteiger partial charge in [-0.05, 0) is 37.7 Å². The zero-order valence-corrected chi connectivity index (χ0v) is 15.2. The summed E-state index contributed by atoms with van der Waals surface area (Å²) >= 11 is 0. The van der Waals surface area contributed by atoms with Gasteiger partial charge < -0.3 is 14.4 Å². The smallest absolute Gasteiger partial charge is 0.344 e. The van der Waals surface area contributed by atoms with Crippen molar-refractivity contribution in [3.63, 3.8) is 0 Å². The predicted octanol–water partition coefficient (Wildman–Crippen LogP) is 2.70. The van der Waals surface area contributed by atoms with E-state index in [9.17, 15) is 19.7 Å². The van der Waals surface area contributed by atoms with Crippen LogP contribution in [0, 0.1) is 16.0 Å². The van der Waals surface area contributed by atoms with Crippen LogP contribution in [0.4, 0.5) is 5.69 Å². The van der Waals surface area contributed by atoms with E-state index in [1.807, 2.05) is 4.90 Å². The van der Waals surface area contributed by atoms with Crippen LogP contribution in [0.25, 0.3) is 0 Å². The average Bonchev–Trinajstić information content (AvgIpc) is 2.70. The highest BCUT2D eigenvalue weighted by atomic mass is 16.6. The quantitative estimate of drug-likeness (QED) is 0.430. The molecule has 1 aliphatic heterocycles. The minimum absolute atomic E-state index is 0.00754. The minimum atomic E-state index is -0.723. The fourth-order valence-corrected chi connectivity index (χ4v) is 4.07. The third kappa shape index (κ3) is 4.75. The molecule has 8 heteroatoms. The van der Waals surface area contributed by atoms with Crippen molar-refractivity contribution in [2.75, 3.05) is 19.8 Å². The molecular formula is C19H24N2O6. The normalized spacial score (nSPS) is 21.9. The number of likely N-dealkylation sites (tertiary alicyclic amines) is 1. The molecule has 146 valence electrons. The van der Waals surface area contributed by atoms with E-state index >= 15 is 0 Å². The molecule has 1 aromatic carbocycles. The highest BCUT2D eigenvalue weighted by Gasteiger charge is 2.35. The molecule has 1 aromatic rings. The standard InChI is InChI=1S/C19H24N2O6/c22-18(20-11-5-7-14-6-1-2-8-15(14)20)12-27-19(23)13-26-17-10-4-3-9-16(17)21(24)25/h3-4,9-10,14-15H,1-2,5-8,11-13H2/t14-,15+/m0/s1. The molecule has 2 atom stereocenters. The van der Waals surface area contributed by atoms with Gasteiger partial charge in [-0.2, -0.15) is 0 Å². The Labute approximate surface area is 157 Å². The number of esters is 1. The zero-order chi connectivity index (χ0) is 19.2. The van der Waals surface area contributed by atoms with Gasteiger partial charge in [0, 0.05) is 18.7 Å². The lowest BCUT2D eigenvalue weighted by molar-refractivity contribution is -0.385. The Morgan fingerprint density at radius 1 is 1.11 bits per heavy atom. The first-order valence-corrected chi connectivity index (χ1v) is 9.37. The van der Waals surface area contributed by atoms with Gasteiger partial charge in [0.15, 0.2) is 19.0 Å². The number of amides is 1. The summed E-state index contributed by atoms with van der Waals surface area (Å²) in [5.74, 6) is -0.342. The number of para-hydroxylation sites is 2. The average molecular weight is 376 g/mol. The van der Waals surface area contributed by atoms with Crippen molar-refractivity contribution in [2.24, 2.45) is 5.92 Å². The van der Waals surface area contributed by atoms with Gasteiger partial charge in [0.2, 0.25) is 0 Å². The number of carbonyl (C=O) groups excluding carboxylic acids is 2. The van der Waals surface area contributed by atoms with Crippen LogP contribution in [0.2, 0.25) is 0 Å². The molecule has 1 saturated carbocycles. The number of hydrogen-bond acceptors (Lipinski definition) is 6. The molecule has 8 nitrogen and oxygen atoms in total. The fraction of sp³-hybridized carbons (Fsp3) is 0.579. The number of benzene rings is 1. The maximum absolute atomic E-state index is 12.5. The van der Waals surface area contributed by atoms with E-state index in [1.165, 1.54) is 24.6 Å². The van der Waals surface area contributed by atoms with Gasteiger partial charge in [0.1, 0.15) is 0 Å². The molecule has 1 aliphatic carbocycles. The van der Waals surface area contributed by atoms with E-state index in [1.54, 1.807) is 6.07 Å². The monoisotopic (exact) mass is 376 g/mol. The van der Waals surface area contributed by atoms with Crippen LogP contribution in [0.3, 0.4) is 0 Å². The second-order valence-electron chi connectivity index (χ2n) is 7.02. The molecule has 0 radical (unpaired) electrons. The lowest BCUT2D eigenvalue weighted by Gasteiger charge is -2.44. The van der Waals surface area contributed by atoms with Crippen LogP contribution >= 0.6 is 0 Å². The van der Waals surface area contributed by atoms with Gasteiger partial charge in [-0.25, -0.2) is 4.79 Å². The molecule has 0 unspecified atom stereocenters. The summed E-state index contributed by atoms with van der Waals surface area (Å²) in [5, 5.41) is 10.9. The SMILES string of the molecule is O=C(COc1ccccc1[N+](=O)[O-])OCC(=O)N1CCC[C@@H]2CCCC[C@H]21. The van der Waals surface area contributed by atoms with Crippen molar-refractivity contribution >= 4 is 17.6 Å². The zero-order valence-electron chi connectivity index (χ0n) is 15.2. The van der Waals surface area contributed by atoms with Crippen LogP contribution in [-0.4, -0.2) is 47.5 Å². The van der Waals surface area contributed by atoms with Gasteiger partial charge in [-0.15, -0.1) is 0 Å². The number of rotatable bonds is 6. The number of nitro groups is 1. The number of nitro benzene ring substituents is 1. The van der Waals surface area contributed by atoms with Crippen LogP contribution in [0.15, 0.2) is 24.3 Å². The fourth-order valence-electron chi connectivity index (χ4n) is 4.07. The van der Waals surface area contributed by atoms with Crippen molar-refractivity contribution in [3.8, 4) is 5.75 Å². The largest absolute Gasteiger partial charge is 0.475 e. The van der Waals surface area contributed by atoms with Crippen molar-refractivity contribution in [1.29, 1.82) is 0 Å². The minimum Gasteiger partial charge on any atom is -0.475 e. The number of carbonyl (C=O) groups is 2. The van der Waals surface area contributed by atoms with Crippen LogP contribution in [-0.2, 0) is 14.3 Å². The van der Waals surface area contributed by atoms with E-state index in [0.717, 1.165) is 32.1 Å². The van der Waals surface area contributed by atoms with Crippen molar-refractivity contribution < 1.29 is 24.0 Å². The number of hydrogen-bond donors (Lipinski definition) is 0. The lowest BCUT2D eigenvalue weighted by atomic mass is 9.78. The summed E-state index contributed by atoms with van der Waals surface area (Å²) in [6.45, 7) is -0.0866. The second kappa shape index (κ2) is 8.83. The van der Waals surface area contributed by atoms with Gasteiger partial charge in [0.05, 0.1) is 4.92 Å². The molecule has 1 amide bonds. The van der Waals surface area contributed by atoms with Crippen LogP contribution in [0.1, 0.15) is 38.5 Å². The Bertz CT molecular complexity index is 705. The molecule has 27 heavy (non-hydrogen) atoms. The molecule has 1 heterocycles. The summed E-state index contributed by atoms with van der Waals surface area (Å²) in [5.41, 5.74) is -0.224. The maximum atomic E-state index is 12.5. The molecule has 3 rings (SSSR count). The summed E-state index contributed by atoms with van der Waals surface area (Å²) in [6.07, 6.45) is 6.69. The van der Waals surface area contributed by atoms with Crippen LogP contribution < -0.4 is 4.74 Å². The van der Waals surface area contributed by atoms with Crippen molar-refractivity contribution in [2.45, 2.75) is 44.6 Å². The van der Waals surface area contributed by atoms with Gasteiger partial charge in [-0.1, -0.05) is 25.0 Å². The maximum Gasteiger partial charge on any atom is 0.344 e. The van der Waals surface area contributed by atoms with Gasteiger partial charge in [-0.3, -0.25) is 14.9 Å². The van der Waals surface area contributed by atoms with E-state index in [0.29, 0.717) is 12.5 Å². The molecule has 2 aliphatic rings.